The van der Waals surface area contributed by atoms with Crippen molar-refractivity contribution in [3.63, 3.8) is 0 Å². The lowest BCUT2D eigenvalue weighted by molar-refractivity contribution is -0.145. The summed E-state index contributed by atoms with van der Waals surface area (Å²) in [7, 11) is 0. The Bertz CT molecular complexity index is 329. The van der Waals surface area contributed by atoms with Gasteiger partial charge in [0.15, 0.2) is 0 Å². The maximum Gasteiger partial charge on any atom is 0.320 e. The lowest BCUT2D eigenvalue weighted by atomic mass is 10.3. The van der Waals surface area contributed by atoms with Crippen molar-refractivity contribution in [3.05, 3.63) is 12.2 Å². The van der Waals surface area contributed by atoms with E-state index in [1.54, 1.807) is 11.8 Å². The Kier molecular flexibility index (Phi) is 9.72. The molecule has 0 N–H and O–H groups in total. The second kappa shape index (κ2) is 10.4. The molecule has 0 heterocycles. The van der Waals surface area contributed by atoms with Gasteiger partial charge in [0.2, 0.25) is 5.91 Å². The number of esters is 1. The zero-order valence-corrected chi connectivity index (χ0v) is 13.3. The van der Waals surface area contributed by atoms with Gasteiger partial charge in [-0.1, -0.05) is 19.1 Å². The zero-order valence-electron chi connectivity index (χ0n) is 13.3. The Labute approximate surface area is 122 Å². The van der Waals surface area contributed by atoms with Crippen molar-refractivity contribution in [3.8, 4) is 0 Å². The van der Waals surface area contributed by atoms with E-state index in [1.807, 2.05) is 25.7 Å². The third-order valence-electron chi connectivity index (χ3n) is 2.75. The highest BCUT2D eigenvalue weighted by atomic mass is 16.5. The van der Waals surface area contributed by atoms with E-state index in [4.69, 9.17) is 4.74 Å². The van der Waals surface area contributed by atoms with Crippen molar-refractivity contribution in [1.82, 2.24) is 9.80 Å². The van der Waals surface area contributed by atoms with Crippen LogP contribution >= 0.6 is 0 Å². The van der Waals surface area contributed by atoms with Gasteiger partial charge in [-0.05, 0) is 33.7 Å². The Morgan fingerprint density at radius 2 is 1.75 bits per heavy atom. The summed E-state index contributed by atoms with van der Waals surface area (Å²) in [5.41, 5.74) is 0.952. The Morgan fingerprint density at radius 3 is 2.20 bits per heavy atom. The van der Waals surface area contributed by atoms with Crippen LogP contribution in [0, 0.1) is 0 Å². The van der Waals surface area contributed by atoms with Crippen LogP contribution < -0.4 is 0 Å². The van der Waals surface area contributed by atoms with Gasteiger partial charge in [0.05, 0.1) is 19.7 Å². The summed E-state index contributed by atoms with van der Waals surface area (Å²) in [4.78, 5) is 27.3. The van der Waals surface area contributed by atoms with Gasteiger partial charge in [-0.3, -0.25) is 14.5 Å². The minimum atomic E-state index is -0.281. The molecule has 0 aromatic heterocycles. The zero-order chi connectivity index (χ0) is 15.5. The molecule has 0 saturated carbocycles. The molecule has 5 heteroatoms. The number of carbonyl (C=O) groups is 2. The highest BCUT2D eigenvalue weighted by molar-refractivity contribution is 5.79. The number of amides is 1. The van der Waals surface area contributed by atoms with Crippen molar-refractivity contribution in [2.24, 2.45) is 0 Å². The van der Waals surface area contributed by atoms with Crippen molar-refractivity contribution >= 4 is 11.9 Å². The molecule has 0 radical (unpaired) electrons. The number of ether oxygens (including phenoxy) is 1. The van der Waals surface area contributed by atoms with E-state index < -0.39 is 0 Å². The first kappa shape index (κ1) is 18.6. The Morgan fingerprint density at radius 1 is 1.10 bits per heavy atom. The summed E-state index contributed by atoms with van der Waals surface area (Å²) < 4.78 is 4.93. The molecule has 5 nitrogen and oxygen atoms in total. The average molecular weight is 284 g/mol. The van der Waals surface area contributed by atoms with Crippen LogP contribution in [0.15, 0.2) is 12.2 Å². The molecule has 0 unspecified atom stereocenters. The smallest absolute Gasteiger partial charge is 0.320 e. The summed E-state index contributed by atoms with van der Waals surface area (Å²) in [6.45, 7) is 14.2. The maximum atomic E-state index is 12.2. The van der Waals surface area contributed by atoms with E-state index in [2.05, 4.69) is 6.58 Å². The van der Waals surface area contributed by atoms with Crippen molar-refractivity contribution in [2.75, 3.05) is 39.3 Å². The van der Waals surface area contributed by atoms with E-state index in [9.17, 15) is 9.59 Å². The average Bonchev–Trinajstić information content (AvgIpc) is 2.35. The molecule has 0 aromatic rings. The minimum absolute atomic E-state index is 0.0215. The normalized spacial score (nSPS) is 10.4. The largest absolute Gasteiger partial charge is 0.465 e. The summed E-state index contributed by atoms with van der Waals surface area (Å²) >= 11 is 0. The number of hydrogen-bond donors (Lipinski definition) is 0. The first-order valence-electron chi connectivity index (χ1n) is 7.24. The van der Waals surface area contributed by atoms with Gasteiger partial charge in [-0.25, -0.2) is 0 Å². The van der Waals surface area contributed by atoms with Gasteiger partial charge in [0.25, 0.3) is 0 Å². The lowest BCUT2D eigenvalue weighted by Gasteiger charge is -2.26. The molecule has 0 aromatic carbocycles. The first-order chi connectivity index (χ1) is 9.44. The summed E-state index contributed by atoms with van der Waals surface area (Å²) in [6, 6.07) is 0. The maximum absolute atomic E-state index is 12.2. The quantitative estimate of drug-likeness (QED) is 0.452. The summed E-state index contributed by atoms with van der Waals surface area (Å²) in [6.07, 6.45) is 0.888. The third kappa shape index (κ3) is 7.94. The second-order valence-electron chi connectivity index (χ2n) is 4.88. The van der Waals surface area contributed by atoms with Gasteiger partial charge in [-0.15, -0.1) is 0 Å². The van der Waals surface area contributed by atoms with Crippen LogP contribution in [0.3, 0.4) is 0 Å². The monoisotopic (exact) mass is 284 g/mol. The molecule has 1 amide bonds. The molecule has 0 rings (SSSR count). The van der Waals surface area contributed by atoms with Gasteiger partial charge >= 0.3 is 5.97 Å². The van der Waals surface area contributed by atoms with Crippen LogP contribution in [0.25, 0.3) is 0 Å². The molecule has 0 aliphatic heterocycles. The van der Waals surface area contributed by atoms with Gasteiger partial charge in [0.1, 0.15) is 0 Å². The van der Waals surface area contributed by atoms with Crippen LogP contribution in [-0.2, 0) is 14.3 Å². The van der Waals surface area contributed by atoms with E-state index in [0.717, 1.165) is 12.0 Å². The van der Waals surface area contributed by atoms with Crippen LogP contribution in [0.2, 0.25) is 0 Å². The predicted molar refractivity (Wildman–Crippen MR) is 80.4 cm³/mol. The molecule has 0 spiro atoms. The van der Waals surface area contributed by atoms with E-state index in [-0.39, 0.29) is 25.0 Å². The van der Waals surface area contributed by atoms with Gasteiger partial charge in [0, 0.05) is 13.1 Å². The topological polar surface area (TPSA) is 49.9 Å². The van der Waals surface area contributed by atoms with Crippen LogP contribution in [0.4, 0.5) is 0 Å². The SMILES string of the molecule is C=C(C)CN(CC)C(=O)CN(CCC)CC(=O)OCC. The molecule has 0 atom stereocenters. The standard InChI is InChI=1S/C15H28N2O3/c1-6-9-16(12-15(19)20-8-3)11-14(18)17(7-2)10-13(4)5/h4,6-12H2,1-3,5H3. The molecule has 0 bridgehead atoms. The van der Waals surface area contributed by atoms with Gasteiger partial charge in [-0.2, -0.15) is 0 Å². The van der Waals surface area contributed by atoms with Crippen LogP contribution in [0.1, 0.15) is 34.1 Å². The van der Waals surface area contributed by atoms with Crippen molar-refractivity contribution in [1.29, 1.82) is 0 Å². The fraction of sp³-hybridized carbons (Fsp3) is 0.733. The third-order valence-corrected chi connectivity index (χ3v) is 2.75. The Hall–Kier alpha value is -1.36. The molecule has 116 valence electrons. The predicted octanol–water partition coefficient (Wildman–Crippen LogP) is 1.69. The molecule has 0 saturated heterocycles. The molecule has 20 heavy (non-hydrogen) atoms. The molecular formula is C15H28N2O3. The van der Waals surface area contributed by atoms with Crippen molar-refractivity contribution < 1.29 is 14.3 Å². The highest BCUT2D eigenvalue weighted by Gasteiger charge is 2.18. The Balaban J connectivity index is 4.51. The van der Waals surface area contributed by atoms with E-state index in [1.165, 1.54) is 0 Å². The number of nitrogens with zero attached hydrogens (tertiary/aromatic N) is 2. The summed E-state index contributed by atoms with van der Waals surface area (Å²) in [5, 5.41) is 0. The number of carbonyl (C=O) groups excluding carboxylic acids is 2. The summed E-state index contributed by atoms with van der Waals surface area (Å²) in [5.74, 6) is -0.259. The van der Waals surface area contributed by atoms with Crippen molar-refractivity contribution in [2.45, 2.75) is 34.1 Å². The minimum Gasteiger partial charge on any atom is -0.465 e. The molecule has 0 aliphatic carbocycles. The lowest BCUT2D eigenvalue weighted by Crippen LogP contribution is -2.43. The number of rotatable bonds is 10. The molecular weight excluding hydrogens is 256 g/mol. The van der Waals surface area contributed by atoms with E-state index in [0.29, 0.717) is 26.2 Å². The molecule has 0 fully saturated rings. The van der Waals surface area contributed by atoms with Crippen LogP contribution in [0.5, 0.6) is 0 Å². The molecule has 0 aliphatic rings. The second-order valence-corrected chi connectivity index (χ2v) is 4.88. The number of hydrogen-bond acceptors (Lipinski definition) is 4. The van der Waals surface area contributed by atoms with Gasteiger partial charge < -0.3 is 9.64 Å². The number of likely N-dealkylation sites (N-methyl/N-ethyl adjacent to an activating group) is 1. The van der Waals surface area contributed by atoms with E-state index >= 15 is 0 Å². The first-order valence-corrected chi connectivity index (χ1v) is 7.24. The highest BCUT2D eigenvalue weighted by Crippen LogP contribution is 2.00. The fourth-order valence-electron chi connectivity index (χ4n) is 1.91. The van der Waals surface area contributed by atoms with Crippen LogP contribution in [-0.4, -0.2) is 61.0 Å². The fourth-order valence-corrected chi connectivity index (χ4v) is 1.91.